The van der Waals surface area contributed by atoms with Gasteiger partial charge in [0.1, 0.15) is 5.57 Å². The second-order valence-electron chi connectivity index (χ2n) is 6.83. The molecule has 0 aliphatic heterocycles. The van der Waals surface area contributed by atoms with E-state index < -0.39 is 11.8 Å². The summed E-state index contributed by atoms with van der Waals surface area (Å²) in [5.41, 5.74) is 1.99. The maximum absolute atomic E-state index is 13.6. The van der Waals surface area contributed by atoms with Gasteiger partial charge in [-0.15, -0.1) is 0 Å². The van der Waals surface area contributed by atoms with Crippen LogP contribution in [0.4, 0.5) is 0 Å². The standard InChI is InChI=1S/C24H27N2O6/c1-7-32-24(28)18(12-25)9-19(26-13-15(2)8-16(3)14-26)22(27)17-10-20(29-4)23(31-6)21(11-17)30-5/h8-11,13-14,25H,7H2,1-6H3/q+1. The summed E-state index contributed by atoms with van der Waals surface area (Å²) in [5, 5.41) is 7.53. The largest absolute Gasteiger partial charge is 0.493 e. The summed E-state index contributed by atoms with van der Waals surface area (Å²) >= 11 is 0. The highest BCUT2D eigenvalue weighted by Gasteiger charge is 2.27. The van der Waals surface area contributed by atoms with Crippen LogP contribution >= 0.6 is 0 Å². The molecule has 1 N–H and O–H groups in total. The lowest BCUT2D eigenvalue weighted by Crippen LogP contribution is -2.37. The van der Waals surface area contributed by atoms with Gasteiger partial charge in [-0.2, -0.15) is 4.57 Å². The van der Waals surface area contributed by atoms with Gasteiger partial charge < -0.3 is 18.9 Å². The third kappa shape index (κ3) is 5.42. The van der Waals surface area contributed by atoms with Crippen LogP contribution in [-0.2, 0) is 9.53 Å². The lowest BCUT2D eigenvalue weighted by Gasteiger charge is -2.13. The van der Waals surface area contributed by atoms with Crippen LogP contribution in [0.15, 0.2) is 42.2 Å². The Bertz CT molecular complexity index is 1070. The van der Waals surface area contributed by atoms with Crippen molar-refractivity contribution in [2.75, 3.05) is 27.9 Å². The number of carbonyl (C=O) groups excluding carboxylic acids is 2. The minimum atomic E-state index is -0.748. The maximum Gasteiger partial charge on any atom is 0.347 e. The van der Waals surface area contributed by atoms with Crippen molar-refractivity contribution < 1.29 is 33.1 Å². The number of ether oxygens (including phenoxy) is 4. The van der Waals surface area contributed by atoms with E-state index in [2.05, 4.69) is 5.87 Å². The number of nitrogens with zero attached hydrogens (tertiary/aromatic N) is 1. The number of esters is 1. The van der Waals surface area contributed by atoms with Crippen LogP contribution in [0.1, 0.15) is 28.4 Å². The molecular weight excluding hydrogens is 412 g/mol. The molecular formula is C24H27N2O6+. The summed E-state index contributed by atoms with van der Waals surface area (Å²) in [6, 6.07) is 5.01. The number of nitrogens with one attached hydrogen (secondary N) is 1. The van der Waals surface area contributed by atoms with E-state index in [4.69, 9.17) is 24.4 Å². The van der Waals surface area contributed by atoms with Gasteiger partial charge in [-0.25, -0.2) is 4.79 Å². The molecule has 1 aromatic heterocycles. The molecule has 0 amide bonds. The number of aryl methyl sites for hydroxylation is 2. The van der Waals surface area contributed by atoms with Gasteiger partial charge in [-0.3, -0.25) is 10.2 Å². The fourth-order valence-electron chi connectivity index (χ4n) is 3.16. The number of hydrogen-bond acceptors (Lipinski definition) is 7. The normalized spacial score (nSPS) is 10.8. The average Bonchev–Trinajstić information content (AvgIpc) is 2.77. The highest BCUT2D eigenvalue weighted by Crippen LogP contribution is 2.38. The van der Waals surface area contributed by atoms with Crippen molar-refractivity contribution in [3.8, 4) is 17.2 Å². The average molecular weight is 439 g/mol. The van der Waals surface area contributed by atoms with E-state index in [1.165, 1.54) is 39.5 Å². The highest BCUT2D eigenvalue weighted by molar-refractivity contribution is 6.23. The first-order chi connectivity index (χ1) is 15.3. The number of allylic oxidation sites excluding steroid dienone is 1. The van der Waals surface area contributed by atoms with E-state index in [1.807, 2.05) is 19.9 Å². The second kappa shape index (κ2) is 10.9. The van der Waals surface area contributed by atoms with Crippen LogP contribution in [0.5, 0.6) is 17.2 Å². The van der Waals surface area contributed by atoms with Crippen LogP contribution in [0.3, 0.4) is 0 Å². The molecule has 0 unspecified atom stereocenters. The summed E-state index contributed by atoms with van der Waals surface area (Å²) in [5.74, 6) is 1.86. The molecule has 8 heteroatoms. The first-order valence-electron chi connectivity index (χ1n) is 9.82. The molecule has 2 rings (SSSR count). The number of benzene rings is 1. The first kappa shape index (κ1) is 24.4. The molecule has 0 aliphatic carbocycles. The van der Waals surface area contributed by atoms with Crippen molar-refractivity contribution in [2.45, 2.75) is 20.8 Å². The number of ketones is 1. The van der Waals surface area contributed by atoms with Crippen LogP contribution in [0, 0.1) is 19.3 Å². The predicted octanol–water partition coefficient (Wildman–Crippen LogP) is 3.08. The third-order valence-corrected chi connectivity index (χ3v) is 4.49. The van der Waals surface area contributed by atoms with E-state index in [9.17, 15) is 9.59 Å². The van der Waals surface area contributed by atoms with Gasteiger partial charge in [0.05, 0.1) is 27.9 Å². The number of Topliss-reactive ketones (excluding diaryl/α,β-unsaturated/α-hetero) is 1. The summed E-state index contributed by atoms with van der Waals surface area (Å²) in [4.78, 5) is 25.9. The molecule has 0 radical (unpaired) electrons. The number of pyridine rings is 1. The SMILES string of the molecule is CCOC(=O)C(=C=N)C=C(C(=O)c1cc(OC)c(OC)c(OC)c1)[n+]1cc(C)cc(C)c1. The molecule has 0 aliphatic rings. The fourth-order valence-corrected chi connectivity index (χ4v) is 3.16. The lowest BCUT2D eigenvalue weighted by atomic mass is 10.0. The van der Waals surface area contributed by atoms with Crippen molar-refractivity contribution in [2.24, 2.45) is 0 Å². The van der Waals surface area contributed by atoms with E-state index >= 15 is 0 Å². The van der Waals surface area contributed by atoms with Crippen LogP contribution in [0.25, 0.3) is 5.70 Å². The number of hydrogen-bond donors (Lipinski definition) is 1. The molecule has 2 aromatic rings. The van der Waals surface area contributed by atoms with E-state index in [1.54, 1.807) is 23.9 Å². The van der Waals surface area contributed by atoms with Crippen molar-refractivity contribution in [3.05, 3.63) is 58.9 Å². The van der Waals surface area contributed by atoms with Gasteiger partial charge in [0.15, 0.2) is 23.9 Å². The van der Waals surface area contributed by atoms with Crippen LogP contribution in [0.2, 0.25) is 0 Å². The molecule has 168 valence electrons. The minimum absolute atomic E-state index is 0.119. The zero-order valence-electron chi connectivity index (χ0n) is 19.1. The quantitative estimate of drug-likeness (QED) is 0.161. The first-order valence-corrected chi connectivity index (χ1v) is 9.82. The zero-order valence-corrected chi connectivity index (χ0v) is 19.1. The van der Waals surface area contributed by atoms with Gasteiger partial charge in [-0.1, -0.05) is 0 Å². The van der Waals surface area contributed by atoms with Crippen molar-refractivity contribution in [1.29, 1.82) is 5.41 Å². The Morgan fingerprint density at radius 3 is 2.00 bits per heavy atom. The molecule has 0 fully saturated rings. The number of methoxy groups -OCH3 is 3. The maximum atomic E-state index is 13.6. The van der Waals surface area contributed by atoms with E-state index in [-0.39, 0.29) is 23.4 Å². The topological polar surface area (TPSA) is 98.8 Å². The van der Waals surface area contributed by atoms with Crippen LogP contribution in [-0.4, -0.2) is 45.6 Å². The molecule has 0 atom stereocenters. The number of carbonyl (C=O) groups is 2. The van der Waals surface area contributed by atoms with Crippen molar-refractivity contribution >= 4 is 23.3 Å². The minimum Gasteiger partial charge on any atom is -0.493 e. The van der Waals surface area contributed by atoms with Crippen molar-refractivity contribution in [1.82, 2.24) is 0 Å². The van der Waals surface area contributed by atoms with Gasteiger partial charge in [0.2, 0.25) is 5.75 Å². The van der Waals surface area contributed by atoms with Gasteiger partial charge in [0.25, 0.3) is 11.5 Å². The Hall–Kier alpha value is -3.90. The fraction of sp³-hybridized carbons (Fsp3) is 0.292. The lowest BCUT2D eigenvalue weighted by molar-refractivity contribution is -0.577. The summed E-state index contributed by atoms with van der Waals surface area (Å²) in [6.45, 7) is 5.57. The smallest absolute Gasteiger partial charge is 0.347 e. The number of rotatable bonds is 9. The monoisotopic (exact) mass is 439 g/mol. The number of aromatic nitrogens is 1. The Balaban J connectivity index is 2.75. The second-order valence-corrected chi connectivity index (χ2v) is 6.83. The van der Waals surface area contributed by atoms with Crippen molar-refractivity contribution in [3.63, 3.8) is 0 Å². The molecule has 0 spiro atoms. The molecule has 8 nitrogen and oxygen atoms in total. The van der Waals surface area contributed by atoms with Gasteiger partial charge in [-0.05, 0) is 44.8 Å². The molecule has 0 bridgehead atoms. The molecule has 0 saturated heterocycles. The Morgan fingerprint density at radius 2 is 1.56 bits per heavy atom. The molecule has 32 heavy (non-hydrogen) atoms. The summed E-state index contributed by atoms with van der Waals surface area (Å²) < 4.78 is 22.6. The Kier molecular flexibility index (Phi) is 8.32. The predicted molar refractivity (Wildman–Crippen MR) is 119 cm³/mol. The summed E-state index contributed by atoms with van der Waals surface area (Å²) in [6.07, 6.45) is 4.79. The molecule has 1 heterocycles. The molecule has 1 aromatic carbocycles. The Morgan fingerprint density at radius 1 is 1.00 bits per heavy atom. The van der Waals surface area contributed by atoms with Gasteiger partial charge in [0, 0.05) is 22.8 Å². The molecule has 0 saturated carbocycles. The highest BCUT2D eigenvalue weighted by atomic mass is 16.5. The van der Waals surface area contributed by atoms with Gasteiger partial charge >= 0.3 is 5.97 Å². The van der Waals surface area contributed by atoms with Crippen LogP contribution < -0.4 is 18.8 Å². The Labute approximate surface area is 187 Å². The summed E-state index contributed by atoms with van der Waals surface area (Å²) in [7, 11) is 4.38. The third-order valence-electron chi connectivity index (χ3n) is 4.49. The van der Waals surface area contributed by atoms with E-state index in [0.717, 1.165) is 11.1 Å². The van der Waals surface area contributed by atoms with E-state index in [0.29, 0.717) is 17.2 Å². The zero-order chi connectivity index (χ0) is 23.8.